The largest absolute Gasteiger partial charge is 0.457 e. The molecule has 1 atom stereocenters. The Balaban J connectivity index is 1.60. The van der Waals surface area contributed by atoms with Crippen LogP contribution in [0.2, 0.25) is 0 Å². The van der Waals surface area contributed by atoms with Gasteiger partial charge in [0.1, 0.15) is 18.5 Å². The Labute approximate surface area is 202 Å². The van der Waals surface area contributed by atoms with Crippen molar-refractivity contribution in [3.05, 3.63) is 125 Å². The van der Waals surface area contributed by atoms with E-state index in [0.29, 0.717) is 26.2 Å². The van der Waals surface area contributed by atoms with E-state index in [1.807, 2.05) is 47.8 Å². The number of allylic oxidation sites excluding steroid dienone is 1. The third kappa shape index (κ3) is 4.18. The predicted molar refractivity (Wildman–Crippen MR) is 131 cm³/mol. The van der Waals surface area contributed by atoms with Crippen LogP contribution in [-0.2, 0) is 16.1 Å². The highest BCUT2D eigenvalue weighted by Crippen LogP contribution is 2.33. The summed E-state index contributed by atoms with van der Waals surface area (Å²) in [6.07, 6.45) is 1.53. The number of hydrogen-bond acceptors (Lipinski definition) is 6. The molecule has 170 valence electrons. The predicted octanol–water partition coefficient (Wildman–Crippen LogP) is 4.18. The number of benzene rings is 2. The molecule has 0 saturated carbocycles. The normalized spacial score (nSPS) is 15.7. The number of fused-ring (bicyclic) bond motifs is 1. The van der Waals surface area contributed by atoms with Gasteiger partial charge in [-0.15, -0.1) is 11.3 Å². The summed E-state index contributed by atoms with van der Waals surface area (Å²) in [5, 5.41) is 1.90. The summed E-state index contributed by atoms with van der Waals surface area (Å²) >= 11 is 2.62. The summed E-state index contributed by atoms with van der Waals surface area (Å²) in [5.41, 5.74) is 1.67. The second kappa shape index (κ2) is 9.32. The molecule has 1 unspecified atom stereocenters. The van der Waals surface area contributed by atoms with Crippen molar-refractivity contribution in [2.24, 2.45) is 4.99 Å². The van der Waals surface area contributed by atoms with E-state index in [4.69, 9.17) is 4.74 Å². The molecule has 3 heterocycles. The first-order chi connectivity index (χ1) is 16.5. The standard InChI is InChI=1S/C26H19FN2O3S2/c1-16-22(25(31)32-15-17-8-3-2-4-9-17)23(20-12-7-13-33-20)29-24(30)21(34-26(29)28-16)14-18-10-5-6-11-19(18)27/h2-14,23H,15H2,1H3/b21-14-. The molecule has 1 aliphatic heterocycles. The van der Waals surface area contributed by atoms with Crippen LogP contribution in [0.1, 0.15) is 29.0 Å². The fourth-order valence-corrected chi connectivity index (χ4v) is 5.69. The van der Waals surface area contributed by atoms with Crippen molar-refractivity contribution in [3.8, 4) is 0 Å². The highest BCUT2D eigenvalue weighted by Gasteiger charge is 2.34. The van der Waals surface area contributed by atoms with E-state index in [1.54, 1.807) is 25.1 Å². The molecule has 0 N–H and O–H groups in total. The van der Waals surface area contributed by atoms with Crippen LogP contribution in [-0.4, -0.2) is 10.5 Å². The minimum Gasteiger partial charge on any atom is -0.457 e. The van der Waals surface area contributed by atoms with E-state index < -0.39 is 17.8 Å². The molecule has 0 fully saturated rings. The van der Waals surface area contributed by atoms with Crippen molar-refractivity contribution in [2.75, 3.05) is 0 Å². The van der Waals surface area contributed by atoms with E-state index in [0.717, 1.165) is 10.4 Å². The molecular formula is C26H19FN2O3S2. The maximum absolute atomic E-state index is 14.2. The zero-order valence-electron chi connectivity index (χ0n) is 18.1. The number of carbonyl (C=O) groups is 1. The summed E-state index contributed by atoms with van der Waals surface area (Å²) in [5.74, 6) is -0.934. The number of carbonyl (C=O) groups excluding carboxylic acids is 1. The van der Waals surface area contributed by atoms with E-state index in [9.17, 15) is 14.0 Å². The van der Waals surface area contributed by atoms with E-state index in [2.05, 4.69) is 4.99 Å². The van der Waals surface area contributed by atoms with Crippen molar-refractivity contribution < 1.29 is 13.9 Å². The van der Waals surface area contributed by atoms with Gasteiger partial charge in [-0.2, -0.15) is 0 Å². The van der Waals surface area contributed by atoms with Gasteiger partial charge in [0, 0.05) is 10.4 Å². The third-order valence-electron chi connectivity index (χ3n) is 5.46. The van der Waals surface area contributed by atoms with E-state index in [1.165, 1.54) is 39.4 Å². The summed E-state index contributed by atoms with van der Waals surface area (Å²) < 4.78 is 21.7. The maximum Gasteiger partial charge on any atom is 0.338 e. The molecule has 0 amide bonds. The van der Waals surface area contributed by atoms with Gasteiger partial charge in [-0.3, -0.25) is 9.36 Å². The Kier molecular flexibility index (Phi) is 6.08. The number of hydrogen-bond donors (Lipinski definition) is 0. The summed E-state index contributed by atoms with van der Waals surface area (Å²) in [7, 11) is 0. The molecule has 34 heavy (non-hydrogen) atoms. The van der Waals surface area contributed by atoms with Crippen molar-refractivity contribution in [3.63, 3.8) is 0 Å². The van der Waals surface area contributed by atoms with Crippen LogP contribution in [0.4, 0.5) is 4.39 Å². The van der Waals surface area contributed by atoms with E-state index in [-0.39, 0.29) is 12.2 Å². The number of thiophene rings is 1. The van der Waals surface area contributed by atoms with Crippen molar-refractivity contribution >= 4 is 34.7 Å². The van der Waals surface area contributed by atoms with Crippen molar-refractivity contribution in [1.82, 2.24) is 4.57 Å². The lowest BCUT2D eigenvalue weighted by Gasteiger charge is -2.23. The Morgan fingerprint density at radius 3 is 2.62 bits per heavy atom. The topological polar surface area (TPSA) is 60.7 Å². The van der Waals surface area contributed by atoms with Gasteiger partial charge in [0.05, 0.1) is 15.8 Å². The number of aromatic nitrogens is 1. The molecule has 5 rings (SSSR count). The fraction of sp³-hybridized carbons (Fsp3) is 0.115. The third-order valence-corrected chi connectivity index (χ3v) is 7.37. The zero-order chi connectivity index (χ0) is 23.7. The molecule has 2 aromatic carbocycles. The van der Waals surface area contributed by atoms with Crippen molar-refractivity contribution in [2.45, 2.75) is 19.6 Å². The lowest BCUT2D eigenvalue weighted by atomic mass is 10.0. The fourth-order valence-electron chi connectivity index (χ4n) is 3.83. The van der Waals surface area contributed by atoms with Crippen molar-refractivity contribution in [1.29, 1.82) is 0 Å². The molecular weight excluding hydrogens is 471 g/mol. The smallest absolute Gasteiger partial charge is 0.338 e. The molecule has 0 bridgehead atoms. The van der Waals surface area contributed by atoms with Gasteiger partial charge < -0.3 is 4.74 Å². The second-order valence-electron chi connectivity index (χ2n) is 7.68. The van der Waals surface area contributed by atoms with Crippen LogP contribution in [0, 0.1) is 5.82 Å². The molecule has 0 saturated heterocycles. The van der Waals surface area contributed by atoms with Crippen LogP contribution in [0.15, 0.2) is 93.2 Å². The molecule has 4 aromatic rings. The van der Waals surface area contributed by atoms with Gasteiger partial charge in [0.15, 0.2) is 4.80 Å². The monoisotopic (exact) mass is 490 g/mol. The lowest BCUT2D eigenvalue weighted by molar-refractivity contribution is -0.140. The van der Waals surface area contributed by atoms with Crippen LogP contribution in [0.3, 0.4) is 0 Å². The second-order valence-corrected chi connectivity index (χ2v) is 9.67. The van der Waals surface area contributed by atoms with Gasteiger partial charge in [0.25, 0.3) is 5.56 Å². The summed E-state index contributed by atoms with van der Waals surface area (Å²) in [4.78, 5) is 32.6. The highest BCUT2D eigenvalue weighted by atomic mass is 32.1. The number of thiazole rings is 1. The SMILES string of the molecule is CC1=C(C(=O)OCc2ccccc2)C(c2cccs2)n2c(s/c(=C\c3ccccc3F)c2=O)=N1. The Morgan fingerprint density at radius 1 is 1.12 bits per heavy atom. The van der Waals surface area contributed by atoms with Gasteiger partial charge in [-0.1, -0.05) is 65.9 Å². The zero-order valence-corrected chi connectivity index (χ0v) is 19.7. The quantitative estimate of drug-likeness (QED) is 0.395. The summed E-state index contributed by atoms with van der Waals surface area (Å²) in [6.45, 7) is 1.86. The molecule has 2 aromatic heterocycles. The molecule has 1 aliphatic rings. The minimum absolute atomic E-state index is 0.116. The molecule has 0 spiro atoms. The lowest BCUT2D eigenvalue weighted by Crippen LogP contribution is -2.39. The van der Waals surface area contributed by atoms with Gasteiger partial charge in [0.2, 0.25) is 0 Å². The highest BCUT2D eigenvalue weighted by molar-refractivity contribution is 7.10. The van der Waals surface area contributed by atoms with E-state index >= 15 is 0 Å². The number of ether oxygens (including phenoxy) is 1. The van der Waals surface area contributed by atoms with Crippen LogP contribution < -0.4 is 14.9 Å². The summed E-state index contributed by atoms with van der Waals surface area (Å²) in [6, 6.07) is 18.8. The number of nitrogens with zero attached hydrogens (tertiary/aromatic N) is 2. The number of halogens is 1. The maximum atomic E-state index is 14.2. The van der Waals surface area contributed by atoms with Crippen LogP contribution in [0.25, 0.3) is 6.08 Å². The average Bonchev–Trinajstić information content (AvgIpc) is 3.47. The molecule has 0 radical (unpaired) electrons. The Hall–Kier alpha value is -3.62. The first kappa shape index (κ1) is 22.2. The minimum atomic E-state index is -0.665. The first-order valence-corrected chi connectivity index (χ1v) is 12.2. The number of rotatable bonds is 5. The Morgan fingerprint density at radius 2 is 1.88 bits per heavy atom. The molecule has 5 nitrogen and oxygen atoms in total. The van der Waals surface area contributed by atoms with Crippen LogP contribution in [0.5, 0.6) is 0 Å². The average molecular weight is 491 g/mol. The first-order valence-electron chi connectivity index (χ1n) is 10.5. The van der Waals surface area contributed by atoms with Gasteiger partial charge in [-0.25, -0.2) is 14.2 Å². The van der Waals surface area contributed by atoms with Crippen LogP contribution >= 0.6 is 22.7 Å². The number of esters is 1. The Bertz CT molecular complexity index is 1570. The molecule has 0 aliphatic carbocycles. The van der Waals surface area contributed by atoms with Gasteiger partial charge in [-0.05, 0) is 36.1 Å². The van der Waals surface area contributed by atoms with Gasteiger partial charge >= 0.3 is 5.97 Å². The molecule has 8 heteroatoms.